The van der Waals surface area contributed by atoms with Crippen molar-refractivity contribution in [3.05, 3.63) is 29.0 Å². The lowest BCUT2D eigenvalue weighted by atomic mass is 10.5. The van der Waals surface area contributed by atoms with Crippen molar-refractivity contribution in [3.63, 3.8) is 0 Å². The Bertz CT molecular complexity index is 465. The van der Waals surface area contributed by atoms with E-state index in [9.17, 15) is 8.42 Å². The summed E-state index contributed by atoms with van der Waals surface area (Å²) in [5.74, 6) is 0. The SMILES string of the molecule is C=CCN(CCC)S(=O)(=O)c1ccsc1CO. The Labute approximate surface area is 106 Å². The zero-order valence-electron chi connectivity index (χ0n) is 9.80. The zero-order chi connectivity index (χ0) is 12.9. The molecule has 0 aromatic carbocycles. The van der Waals surface area contributed by atoms with Gasteiger partial charge in [-0.2, -0.15) is 4.31 Å². The minimum absolute atomic E-state index is 0.209. The van der Waals surface area contributed by atoms with Crippen LogP contribution >= 0.6 is 11.3 Å². The van der Waals surface area contributed by atoms with E-state index in [4.69, 9.17) is 5.11 Å². The summed E-state index contributed by atoms with van der Waals surface area (Å²) in [5.41, 5.74) is 0. The summed E-state index contributed by atoms with van der Waals surface area (Å²) in [6.07, 6.45) is 2.31. The molecule has 4 nitrogen and oxygen atoms in total. The average Bonchev–Trinajstić information content (AvgIpc) is 2.77. The van der Waals surface area contributed by atoms with Crippen molar-refractivity contribution < 1.29 is 13.5 Å². The molecule has 0 spiro atoms. The van der Waals surface area contributed by atoms with Crippen LogP contribution in [0.2, 0.25) is 0 Å². The van der Waals surface area contributed by atoms with Crippen molar-refractivity contribution in [2.24, 2.45) is 0 Å². The van der Waals surface area contributed by atoms with Gasteiger partial charge in [0.25, 0.3) is 0 Å². The van der Waals surface area contributed by atoms with E-state index in [0.29, 0.717) is 11.4 Å². The van der Waals surface area contributed by atoms with Gasteiger partial charge in [-0.25, -0.2) is 8.42 Å². The predicted molar refractivity (Wildman–Crippen MR) is 69.5 cm³/mol. The third-order valence-corrected chi connectivity index (χ3v) is 5.26. The van der Waals surface area contributed by atoms with E-state index < -0.39 is 10.0 Å². The lowest BCUT2D eigenvalue weighted by molar-refractivity contribution is 0.282. The maximum Gasteiger partial charge on any atom is 0.244 e. The largest absolute Gasteiger partial charge is 0.391 e. The summed E-state index contributed by atoms with van der Waals surface area (Å²) in [4.78, 5) is 0.690. The smallest absolute Gasteiger partial charge is 0.244 e. The number of sulfonamides is 1. The molecule has 96 valence electrons. The minimum Gasteiger partial charge on any atom is -0.391 e. The molecule has 0 saturated carbocycles. The Morgan fingerprint density at radius 3 is 2.82 bits per heavy atom. The molecule has 0 aliphatic heterocycles. The fraction of sp³-hybridized carbons (Fsp3) is 0.455. The Hall–Kier alpha value is -0.690. The number of nitrogens with zero attached hydrogens (tertiary/aromatic N) is 1. The van der Waals surface area contributed by atoms with Gasteiger partial charge in [0.15, 0.2) is 0 Å². The molecule has 0 amide bonds. The van der Waals surface area contributed by atoms with Crippen LogP contribution in [0.15, 0.2) is 29.0 Å². The van der Waals surface area contributed by atoms with Crippen molar-refractivity contribution in [2.75, 3.05) is 13.1 Å². The van der Waals surface area contributed by atoms with Crippen LogP contribution in [-0.4, -0.2) is 30.9 Å². The summed E-state index contributed by atoms with van der Waals surface area (Å²) in [6.45, 7) is 5.98. The summed E-state index contributed by atoms with van der Waals surface area (Å²) in [5, 5.41) is 10.8. The molecule has 0 fully saturated rings. The van der Waals surface area contributed by atoms with Crippen LogP contribution in [0.1, 0.15) is 18.2 Å². The maximum absolute atomic E-state index is 12.3. The van der Waals surface area contributed by atoms with Crippen LogP contribution in [0.3, 0.4) is 0 Å². The van der Waals surface area contributed by atoms with Crippen LogP contribution < -0.4 is 0 Å². The van der Waals surface area contributed by atoms with E-state index in [1.54, 1.807) is 11.5 Å². The highest BCUT2D eigenvalue weighted by Crippen LogP contribution is 2.25. The van der Waals surface area contributed by atoms with E-state index in [0.717, 1.165) is 6.42 Å². The topological polar surface area (TPSA) is 57.6 Å². The number of rotatable bonds is 7. The Balaban J connectivity index is 3.11. The minimum atomic E-state index is -3.51. The van der Waals surface area contributed by atoms with Crippen LogP contribution in [0.5, 0.6) is 0 Å². The maximum atomic E-state index is 12.3. The Morgan fingerprint density at radius 1 is 1.59 bits per heavy atom. The molecule has 0 aliphatic carbocycles. The molecular formula is C11H17NO3S2. The van der Waals surface area contributed by atoms with Crippen LogP contribution in [-0.2, 0) is 16.6 Å². The normalized spacial score (nSPS) is 11.9. The second kappa shape index (κ2) is 6.30. The van der Waals surface area contributed by atoms with E-state index >= 15 is 0 Å². The third kappa shape index (κ3) is 3.16. The van der Waals surface area contributed by atoms with Crippen LogP contribution in [0, 0.1) is 0 Å². The number of thiophene rings is 1. The molecule has 0 bridgehead atoms. The average molecular weight is 275 g/mol. The van der Waals surface area contributed by atoms with Gasteiger partial charge in [-0.1, -0.05) is 13.0 Å². The van der Waals surface area contributed by atoms with Gasteiger partial charge in [0, 0.05) is 18.0 Å². The monoisotopic (exact) mass is 275 g/mol. The standard InChI is InChI=1S/C11H17NO3S2/c1-3-6-12(7-4-2)17(14,15)11-5-8-16-10(11)9-13/h3,5,8,13H,1,4,6-7,9H2,2H3. The first-order valence-electron chi connectivity index (χ1n) is 5.36. The predicted octanol–water partition coefficient (Wildman–Crippen LogP) is 1.83. The van der Waals surface area contributed by atoms with Gasteiger partial charge in [0.1, 0.15) is 0 Å². The van der Waals surface area contributed by atoms with Gasteiger partial charge in [-0.05, 0) is 17.9 Å². The summed E-state index contributed by atoms with van der Waals surface area (Å²) >= 11 is 1.25. The summed E-state index contributed by atoms with van der Waals surface area (Å²) in [7, 11) is -3.51. The quantitative estimate of drug-likeness (QED) is 0.772. The number of hydrogen-bond donors (Lipinski definition) is 1. The van der Waals surface area contributed by atoms with Gasteiger partial charge in [-0.3, -0.25) is 0 Å². The van der Waals surface area contributed by atoms with Gasteiger partial charge in [-0.15, -0.1) is 17.9 Å². The molecular weight excluding hydrogens is 258 g/mol. The molecule has 6 heteroatoms. The molecule has 17 heavy (non-hydrogen) atoms. The summed E-state index contributed by atoms with van der Waals surface area (Å²) in [6, 6.07) is 1.54. The molecule has 1 aromatic heterocycles. The first-order chi connectivity index (χ1) is 8.07. The van der Waals surface area contributed by atoms with Crippen molar-refractivity contribution >= 4 is 21.4 Å². The second-order valence-electron chi connectivity index (χ2n) is 3.52. The fourth-order valence-corrected chi connectivity index (χ4v) is 4.28. The molecule has 1 N–H and O–H groups in total. The first-order valence-corrected chi connectivity index (χ1v) is 7.68. The van der Waals surface area contributed by atoms with Crippen molar-refractivity contribution in [1.29, 1.82) is 0 Å². The number of aliphatic hydroxyl groups excluding tert-OH is 1. The van der Waals surface area contributed by atoms with Crippen LogP contribution in [0.25, 0.3) is 0 Å². The molecule has 1 heterocycles. The molecule has 0 aliphatic rings. The van der Waals surface area contributed by atoms with Gasteiger partial charge >= 0.3 is 0 Å². The number of hydrogen-bond acceptors (Lipinski definition) is 4. The van der Waals surface area contributed by atoms with Crippen molar-refractivity contribution in [1.82, 2.24) is 4.31 Å². The lowest BCUT2D eigenvalue weighted by Crippen LogP contribution is -2.32. The third-order valence-electron chi connectivity index (χ3n) is 2.27. The van der Waals surface area contributed by atoms with Crippen molar-refractivity contribution in [3.8, 4) is 0 Å². The van der Waals surface area contributed by atoms with Gasteiger partial charge in [0.05, 0.1) is 11.5 Å². The van der Waals surface area contributed by atoms with E-state index in [-0.39, 0.29) is 18.0 Å². The Morgan fingerprint density at radius 2 is 2.29 bits per heavy atom. The highest BCUT2D eigenvalue weighted by atomic mass is 32.2. The molecule has 0 radical (unpaired) electrons. The van der Waals surface area contributed by atoms with Crippen LogP contribution in [0.4, 0.5) is 0 Å². The highest BCUT2D eigenvalue weighted by Gasteiger charge is 2.25. The first kappa shape index (κ1) is 14.4. The molecule has 0 unspecified atom stereocenters. The van der Waals surface area contributed by atoms with E-state index in [1.807, 2.05) is 6.92 Å². The zero-order valence-corrected chi connectivity index (χ0v) is 11.4. The molecule has 1 aromatic rings. The van der Waals surface area contributed by atoms with Crippen molar-refractivity contribution in [2.45, 2.75) is 24.8 Å². The second-order valence-corrected chi connectivity index (χ2v) is 6.42. The van der Waals surface area contributed by atoms with E-state index in [2.05, 4.69) is 6.58 Å². The molecule has 0 atom stereocenters. The van der Waals surface area contributed by atoms with E-state index in [1.165, 1.54) is 21.7 Å². The van der Waals surface area contributed by atoms with Gasteiger partial charge in [0.2, 0.25) is 10.0 Å². The molecule has 0 saturated heterocycles. The Kier molecular flexibility index (Phi) is 5.32. The molecule has 1 rings (SSSR count). The highest BCUT2D eigenvalue weighted by molar-refractivity contribution is 7.89. The fourth-order valence-electron chi connectivity index (χ4n) is 1.52. The number of aliphatic hydroxyl groups is 1. The lowest BCUT2D eigenvalue weighted by Gasteiger charge is -2.19. The van der Waals surface area contributed by atoms with Gasteiger partial charge < -0.3 is 5.11 Å². The summed E-state index contributed by atoms with van der Waals surface area (Å²) < 4.78 is 26.0.